The van der Waals surface area contributed by atoms with Crippen molar-refractivity contribution in [1.82, 2.24) is 4.90 Å². The SMILES string of the molecule is CCCN(CC(=O)Nc1ccc(F)c(F)c1F)C(=O)/C=C/C1=Cc2cc(Cl)ccc2OC1. The lowest BCUT2D eigenvalue weighted by Gasteiger charge is -2.20. The smallest absolute Gasteiger partial charge is 0.247 e. The van der Waals surface area contributed by atoms with E-state index in [1.165, 1.54) is 11.0 Å². The summed E-state index contributed by atoms with van der Waals surface area (Å²) >= 11 is 6.00. The van der Waals surface area contributed by atoms with Gasteiger partial charge in [-0.25, -0.2) is 13.2 Å². The van der Waals surface area contributed by atoms with Gasteiger partial charge >= 0.3 is 0 Å². The molecule has 1 N–H and O–H groups in total. The van der Waals surface area contributed by atoms with E-state index in [4.69, 9.17) is 16.3 Å². The molecule has 0 bridgehead atoms. The molecule has 2 aromatic carbocycles. The average Bonchev–Trinajstić information content (AvgIpc) is 2.77. The van der Waals surface area contributed by atoms with E-state index in [1.54, 1.807) is 24.3 Å². The van der Waals surface area contributed by atoms with Gasteiger partial charge in [-0.15, -0.1) is 0 Å². The van der Waals surface area contributed by atoms with Crippen LogP contribution in [-0.4, -0.2) is 36.4 Å². The quantitative estimate of drug-likeness (QED) is 0.465. The highest BCUT2D eigenvalue weighted by atomic mass is 35.5. The first-order valence-corrected chi connectivity index (χ1v) is 10.2. The van der Waals surface area contributed by atoms with Crippen molar-refractivity contribution in [3.63, 3.8) is 0 Å². The zero-order chi connectivity index (χ0) is 23.3. The molecule has 3 rings (SSSR count). The van der Waals surface area contributed by atoms with Gasteiger partial charge in [0.2, 0.25) is 11.8 Å². The Balaban J connectivity index is 1.67. The summed E-state index contributed by atoms with van der Waals surface area (Å²) in [6.07, 6.45) is 5.31. The van der Waals surface area contributed by atoms with Crippen LogP contribution in [0.2, 0.25) is 5.02 Å². The molecule has 0 fully saturated rings. The van der Waals surface area contributed by atoms with Gasteiger partial charge in [-0.1, -0.05) is 24.6 Å². The molecule has 0 aromatic heterocycles. The third-order valence-electron chi connectivity index (χ3n) is 4.60. The summed E-state index contributed by atoms with van der Waals surface area (Å²) in [7, 11) is 0. The Hall–Kier alpha value is -3.26. The van der Waals surface area contributed by atoms with Crippen molar-refractivity contribution in [2.75, 3.05) is 25.0 Å². The molecule has 1 heterocycles. The van der Waals surface area contributed by atoms with Gasteiger partial charge in [-0.05, 0) is 48.4 Å². The minimum absolute atomic E-state index is 0.266. The van der Waals surface area contributed by atoms with Crippen LogP contribution in [-0.2, 0) is 9.59 Å². The second-order valence-corrected chi connectivity index (χ2v) is 7.49. The van der Waals surface area contributed by atoms with Gasteiger partial charge in [0.05, 0.1) is 5.69 Å². The van der Waals surface area contributed by atoms with Crippen LogP contribution in [0.3, 0.4) is 0 Å². The van der Waals surface area contributed by atoms with Gasteiger partial charge in [0.1, 0.15) is 18.9 Å². The van der Waals surface area contributed by atoms with Crippen molar-refractivity contribution < 1.29 is 27.5 Å². The van der Waals surface area contributed by atoms with E-state index in [-0.39, 0.29) is 19.7 Å². The van der Waals surface area contributed by atoms with Gasteiger partial charge < -0.3 is 15.0 Å². The van der Waals surface area contributed by atoms with E-state index < -0.39 is 35.0 Å². The van der Waals surface area contributed by atoms with Crippen LogP contribution in [0.15, 0.2) is 48.1 Å². The summed E-state index contributed by atoms with van der Waals surface area (Å²) < 4.78 is 45.8. The van der Waals surface area contributed by atoms with E-state index in [0.29, 0.717) is 23.3 Å². The predicted octanol–water partition coefficient (Wildman–Crippen LogP) is 4.97. The Morgan fingerprint density at radius 2 is 1.97 bits per heavy atom. The second kappa shape index (κ2) is 10.4. The summed E-state index contributed by atoms with van der Waals surface area (Å²) in [5.41, 5.74) is 1.02. The topological polar surface area (TPSA) is 58.6 Å². The number of rotatable bonds is 7. The molecule has 0 radical (unpaired) electrons. The molecule has 9 heteroatoms. The maximum absolute atomic E-state index is 13.8. The first kappa shape index (κ1) is 23.4. The number of nitrogens with zero attached hydrogens (tertiary/aromatic N) is 1. The summed E-state index contributed by atoms with van der Waals surface area (Å²) in [5.74, 6) is -5.04. The normalized spacial score (nSPS) is 12.7. The fraction of sp³-hybridized carbons (Fsp3) is 0.217. The maximum atomic E-state index is 13.8. The first-order chi connectivity index (χ1) is 15.3. The Morgan fingerprint density at radius 1 is 1.19 bits per heavy atom. The number of carbonyl (C=O) groups excluding carboxylic acids is 2. The highest BCUT2D eigenvalue weighted by Crippen LogP contribution is 2.29. The predicted molar refractivity (Wildman–Crippen MR) is 116 cm³/mol. The molecule has 0 unspecified atom stereocenters. The van der Waals surface area contributed by atoms with Gasteiger partial charge in [0, 0.05) is 23.2 Å². The van der Waals surface area contributed by atoms with Crippen LogP contribution in [0.5, 0.6) is 5.75 Å². The van der Waals surface area contributed by atoms with Gasteiger partial charge in [-0.3, -0.25) is 9.59 Å². The Kier molecular flexibility index (Phi) is 7.58. The van der Waals surface area contributed by atoms with Gasteiger partial charge in [-0.2, -0.15) is 0 Å². The molecule has 2 amide bonds. The molecule has 168 valence electrons. The molecule has 1 aliphatic rings. The molecular formula is C23H20ClF3N2O3. The lowest BCUT2D eigenvalue weighted by Crippen LogP contribution is -2.37. The zero-order valence-corrected chi connectivity index (χ0v) is 17.9. The molecule has 5 nitrogen and oxygen atoms in total. The maximum Gasteiger partial charge on any atom is 0.247 e. The molecule has 0 aliphatic carbocycles. The van der Waals surface area contributed by atoms with E-state index in [2.05, 4.69) is 5.32 Å². The molecule has 0 saturated carbocycles. The number of fused-ring (bicyclic) bond motifs is 1. The Labute approximate surface area is 188 Å². The molecular weight excluding hydrogens is 445 g/mol. The standard InChI is InChI=1S/C23H20ClF3N2O3/c1-2-9-29(12-20(30)28-18-6-5-17(25)22(26)23(18)27)21(31)8-3-14-10-15-11-16(24)4-7-19(15)32-13-14/h3-8,10-11H,2,9,12-13H2,1H3,(H,28,30)/b8-3+. The number of anilines is 1. The third-order valence-corrected chi connectivity index (χ3v) is 4.83. The minimum Gasteiger partial charge on any atom is -0.488 e. The Bertz CT molecular complexity index is 1100. The van der Waals surface area contributed by atoms with Gasteiger partial charge in [0.15, 0.2) is 17.5 Å². The fourth-order valence-electron chi connectivity index (χ4n) is 3.07. The molecule has 0 atom stereocenters. The van der Waals surface area contributed by atoms with Crippen LogP contribution in [0.25, 0.3) is 6.08 Å². The van der Waals surface area contributed by atoms with Crippen LogP contribution in [0.4, 0.5) is 18.9 Å². The number of amides is 2. The van der Waals surface area contributed by atoms with E-state index in [1.807, 2.05) is 13.0 Å². The summed E-state index contributed by atoms with van der Waals surface area (Å²) in [6, 6.07) is 6.85. The van der Waals surface area contributed by atoms with Crippen molar-refractivity contribution in [2.45, 2.75) is 13.3 Å². The minimum atomic E-state index is -1.68. The number of hydrogen-bond donors (Lipinski definition) is 1. The first-order valence-electron chi connectivity index (χ1n) is 9.81. The number of carbonyl (C=O) groups is 2. The summed E-state index contributed by atoms with van der Waals surface area (Å²) in [5, 5.41) is 2.72. The lowest BCUT2D eigenvalue weighted by atomic mass is 10.1. The molecule has 2 aromatic rings. The molecule has 1 aliphatic heterocycles. The highest BCUT2D eigenvalue weighted by molar-refractivity contribution is 6.30. The number of hydrogen-bond acceptors (Lipinski definition) is 3. The van der Waals surface area contributed by atoms with Crippen molar-refractivity contribution in [3.8, 4) is 5.75 Å². The van der Waals surface area contributed by atoms with E-state index in [9.17, 15) is 22.8 Å². The summed E-state index contributed by atoms with van der Waals surface area (Å²) in [4.78, 5) is 26.1. The van der Waals surface area contributed by atoms with Crippen molar-refractivity contribution in [3.05, 3.63) is 76.1 Å². The average molecular weight is 465 g/mol. The molecule has 32 heavy (non-hydrogen) atoms. The van der Waals surface area contributed by atoms with Gasteiger partial charge in [0.25, 0.3) is 0 Å². The number of nitrogens with one attached hydrogen (secondary N) is 1. The summed E-state index contributed by atoms with van der Waals surface area (Å²) in [6.45, 7) is 1.98. The second-order valence-electron chi connectivity index (χ2n) is 7.05. The fourth-order valence-corrected chi connectivity index (χ4v) is 3.25. The number of benzene rings is 2. The lowest BCUT2D eigenvalue weighted by molar-refractivity contribution is -0.130. The van der Waals surface area contributed by atoms with Crippen molar-refractivity contribution in [1.29, 1.82) is 0 Å². The Morgan fingerprint density at radius 3 is 2.72 bits per heavy atom. The van der Waals surface area contributed by atoms with E-state index >= 15 is 0 Å². The van der Waals surface area contributed by atoms with E-state index in [0.717, 1.165) is 17.2 Å². The highest BCUT2D eigenvalue weighted by Gasteiger charge is 2.19. The molecule has 0 saturated heterocycles. The number of halogens is 4. The van der Waals surface area contributed by atoms with Crippen LogP contribution < -0.4 is 10.1 Å². The monoisotopic (exact) mass is 464 g/mol. The van der Waals surface area contributed by atoms with Crippen LogP contribution >= 0.6 is 11.6 Å². The molecule has 0 spiro atoms. The van der Waals surface area contributed by atoms with Crippen LogP contribution in [0, 0.1) is 17.5 Å². The zero-order valence-electron chi connectivity index (χ0n) is 17.1. The number of ether oxygens (including phenoxy) is 1. The van der Waals surface area contributed by atoms with Crippen LogP contribution in [0.1, 0.15) is 18.9 Å². The van der Waals surface area contributed by atoms with Crippen molar-refractivity contribution >= 4 is 35.2 Å². The third kappa shape index (κ3) is 5.70. The largest absolute Gasteiger partial charge is 0.488 e. The van der Waals surface area contributed by atoms with Crippen molar-refractivity contribution in [2.24, 2.45) is 0 Å².